The van der Waals surface area contributed by atoms with Crippen LogP contribution in [-0.2, 0) is 6.54 Å². The molecule has 0 bridgehead atoms. The highest BCUT2D eigenvalue weighted by Gasteiger charge is 2.20. The molecule has 1 aromatic heterocycles. The van der Waals surface area contributed by atoms with Gasteiger partial charge < -0.3 is 14.2 Å². The SMILES string of the molecule is COc1ccc(CN2CCCN(C(=O)c3ccc(-n4cccc4)cc3)CC2)cc1. The summed E-state index contributed by atoms with van der Waals surface area (Å²) in [5.41, 5.74) is 3.09. The lowest BCUT2D eigenvalue weighted by Crippen LogP contribution is -2.35. The van der Waals surface area contributed by atoms with Crippen molar-refractivity contribution in [2.24, 2.45) is 0 Å². The largest absolute Gasteiger partial charge is 0.497 e. The Morgan fingerprint density at radius 2 is 1.62 bits per heavy atom. The van der Waals surface area contributed by atoms with Crippen LogP contribution in [0.15, 0.2) is 73.1 Å². The number of methoxy groups -OCH3 is 1. The zero-order valence-electron chi connectivity index (χ0n) is 16.8. The van der Waals surface area contributed by atoms with Gasteiger partial charge in [0.2, 0.25) is 0 Å². The Kier molecular flexibility index (Phi) is 5.96. The minimum Gasteiger partial charge on any atom is -0.497 e. The number of carbonyl (C=O) groups is 1. The Morgan fingerprint density at radius 1 is 0.897 bits per heavy atom. The topological polar surface area (TPSA) is 37.7 Å². The molecule has 29 heavy (non-hydrogen) atoms. The Hall–Kier alpha value is -3.05. The quantitative estimate of drug-likeness (QED) is 0.666. The number of rotatable bonds is 5. The number of amides is 1. The summed E-state index contributed by atoms with van der Waals surface area (Å²) in [6, 6.07) is 20.1. The molecule has 150 valence electrons. The van der Waals surface area contributed by atoms with Crippen molar-refractivity contribution in [3.05, 3.63) is 84.2 Å². The van der Waals surface area contributed by atoms with E-state index in [4.69, 9.17) is 4.74 Å². The number of hydrogen-bond acceptors (Lipinski definition) is 3. The van der Waals surface area contributed by atoms with E-state index in [1.807, 2.05) is 70.4 Å². The van der Waals surface area contributed by atoms with Gasteiger partial charge in [0.25, 0.3) is 5.91 Å². The van der Waals surface area contributed by atoms with Gasteiger partial charge in [0.05, 0.1) is 7.11 Å². The normalized spacial score (nSPS) is 15.1. The lowest BCUT2D eigenvalue weighted by Gasteiger charge is -2.22. The van der Waals surface area contributed by atoms with Crippen LogP contribution < -0.4 is 4.74 Å². The van der Waals surface area contributed by atoms with E-state index in [1.54, 1.807) is 7.11 Å². The van der Waals surface area contributed by atoms with Crippen molar-refractivity contribution in [1.29, 1.82) is 0 Å². The van der Waals surface area contributed by atoms with E-state index in [0.717, 1.165) is 56.1 Å². The summed E-state index contributed by atoms with van der Waals surface area (Å²) < 4.78 is 7.27. The second-order valence-electron chi connectivity index (χ2n) is 7.41. The molecule has 2 heterocycles. The van der Waals surface area contributed by atoms with E-state index in [1.165, 1.54) is 5.56 Å². The van der Waals surface area contributed by atoms with E-state index in [2.05, 4.69) is 17.0 Å². The summed E-state index contributed by atoms with van der Waals surface area (Å²) in [7, 11) is 1.68. The second kappa shape index (κ2) is 8.97. The fourth-order valence-corrected chi connectivity index (χ4v) is 3.79. The molecule has 0 unspecified atom stereocenters. The maximum Gasteiger partial charge on any atom is 0.253 e. The lowest BCUT2D eigenvalue weighted by molar-refractivity contribution is 0.0761. The van der Waals surface area contributed by atoms with E-state index >= 15 is 0 Å². The highest BCUT2D eigenvalue weighted by Crippen LogP contribution is 2.16. The van der Waals surface area contributed by atoms with Crippen LogP contribution in [0.2, 0.25) is 0 Å². The minimum atomic E-state index is 0.121. The predicted octanol–water partition coefficient (Wildman–Crippen LogP) is 3.83. The van der Waals surface area contributed by atoms with Gasteiger partial charge in [0, 0.05) is 56.4 Å². The van der Waals surface area contributed by atoms with Crippen molar-refractivity contribution in [2.45, 2.75) is 13.0 Å². The molecule has 1 aliphatic heterocycles. The van der Waals surface area contributed by atoms with Crippen LogP contribution in [0.1, 0.15) is 22.3 Å². The number of hydrogen-bond donors (Lipinski definition) is 0. The number of carbonyl (C=O) groups excluding carboxylic acids is 1. The molecule has 1 aliphatic rings. The molecule has 3 aromatic rings. The fourth-order valence-electron chi connectivity index (χ4n) is 3.79. The molecule has 5 heteroatoms. The maximum absolute atomic E-state index is 13.0. The molecule has 5 nitrogen and oxygen atoms in total. The first-order valence-electron chi connectivity index (χ1n) is 10.1. The van der Waals surface area contributed by atoms with Gasteiger partial charge in [-0.3, -0.25) is 9.69 Å². The number of ether oxygens (including phenoxy) is 1. The standard InChI is InChI=1S/C24H27N3O2/c1-29-23-11-5-20(6-12-23)19-25-13-4-16-27(18-17-25)24(28)21-7-9-22(10-8-21)26-14-2-3-15-26/h2-3,5-12,14-15H,4,13,16-19H2,1H3. The summed E-state index contributed by atoms with van der Waals surface area (Å²) in [6.45, 7) is 4.35. The third-order valence-corrected chi connectivity index (χ3v) is 5.46. The highest BCUT2D eigenvalue weighted by molar-refractivity contribution is 5.94. The molecule has 2 aromatic carbocycles. The molecular weight excluding hydrogens is 362 g/mol. The molecule has 1 saturated heterocycles. The van der Waals surface area contributed by atoms with Crippen molar-refractivity contribution in [2.75, 3.05) is 33.3 Å². The van der Waals surface area contributed by atoms with Gasteiger partial charge in [-0.25, -0.2) is 0 Å². The molecule has 0 spiro atoms. The third kappa shape index (κ3) is 4.69. The fraction of sp³-hybridized carbons (Fsp3) is 0.292. The van der Waals surface area contributed by atoms with E-state index in [9.17, 15) is 4.79 Å². The van der Waals surface area contributed by atoms with Crippen LogP contribution in [0.5, 0.6) is 5.75 Å². The van der Waals surface area contributed by atoms with E-state index in [0.29, 0.717) is 0 Å². The maximum atomic E-state index is 13.0. The summed E-state index contributed by atoms with van der Waals surface area (Å²) in [6.07, 6.45) is 5.00. The summed E-state index contributed by atoms with van der Waals surface area (Å²) in [5.74, 6) is 1.000. The Bertz CT molecular complexity index is 918. The van der Waals surface area contributed by atoms with Crippen molar-refractivity contribution in [3.63, 3.8) is 0 Å². The second-order valence-corrected chi connectivity index (χ2v) is 7.41. The van der Waals surface area contributed by atoms with Gasteiger partial charge in [-0.2, -0.15) is 0 Å². The summed E-state index contributed by atoms with van der Waals surface area (Å²) in [4.78, 5) is 17.4. The lowest BCUT2D eigenvalue weighted by atomic mass is 10.1. The molecule has 1 fully saturated rings. The average Bonchev–Trinajstić information content (AvgIpc) is 3.21. The van der Waals surface area contributed by atoms with Gasteiger partial charge in [-0.15, -0.1) is 0 Å². The van der Waals surface area contributed by atoms with Crippen molar-refractivity contribution in [1.82, 2.24) is 14.4 Å². The number of benzene rings is 2. The molecule has 0 N–H and O–H groups in total. The van der Waals surface area contributed by atoms with Crippen LogP contribution in [0.25, 0.3) is 5.69 Å². The molecule has 4 rings (SSSR count). The molecule has 0 radical (unpaired) electrons. The smallest absolute Gasteiger partial charge is 0.253 e. The highest BCUT2D eigenvalue weighted by atomic mass is 16.5. The zero-order chi connectivity index (χ0) is 20.1. The summed E-state index contributed by atoms with van der Waals surface area (Å²) in [5, 5.41) is 0. The predicted molar refractivity (Wildman–Crippen MR) is 115 cm³/mol. The minimum absolute atomic E-state index is 0.121. The van der Waals surface area contributed by atoms with Gasteiger partial charge in [0.15, 0.2) is 0 Å². The zero-order valence-corrected chi connectivity index (χ0v) is 16.8. The van der Waals surface area contributed by atoms with Gasteiger partial charge in [0.1, 0.15) is 5.75 Å². The van der Waals surface area contributed by atoms with Gasteiger partial charge in [-0.05, 0) is 60.5 Å². The molecule has 0 atom stereocenters. The van der Waals surface area contributed by atoms with Crippen LogP contribution in [0.4, 0.5) is 0 Å². The van der Waals surface area contributed by atoms with Crippen molar-refractivity contribution in [3.8, 4) is 11.4 Å². The van der Waals surface area contributed by atoms with E-state index in [-0.39, 0.29) is 5.91 Å². The monoisotopic (exact) mass is 389 g/mol. The van der Waals surface area contributed by atoms with Crippen molar-refractivity contribution >= 4 is 5.91 Å². The molecule has 1 amide bonds. The van der Waals surface area contributed by atoms with Gasteiger partial charge in [-0.1, -0.05) is 12.1 Å². The van der Waals surface area contributed by atoms with Crippen LogP contribution >= 0.6 is 0 Å². The molecule has 0 saturated carbocycles. The Labute approximate surface area is 172 Å². The van der Waals surface area contributed by atoms with Crippen molar-refractivity contribution < 1.29 is 9.53 Å². The molecule has 0 aliphatic carbocycles. The number of nitrogens with zero attached hydrogens (tertiary/aromatic N) is 3. The van der Waals surface area contributed by atoms with E-state index < -0.39 is 0 Å². The number of aromatic nitrogens is 1. The average molecular weight is 389 g/mol. The van der Waals surface area contributed by atoms with Crippen LogP contribution in [-0.4, -0.2) is 53.6 Å². The third-order valence-electron chi connectivity index (χ3n) is 5.46. The van der Waals surface area contributed by atoms with Crippen LogP contribution in [0.3, 0.4) is 0 Å². The first-order valence-corrected chi connectivity index (χ1v) is 10.1. The first kappa shape index (κ1) is 19.3. The summed E-state index contributed by atoms with van der Waals surface area (Å²) >= 11 is 0. The molecular formula is C24H27N3O2. The van der Waals surface area contributed by atoms with Gasteiger partial charge >= 0.3 is 0 Å². The first-order chi connectivity index (χ1) is 14.2. The van der Waals surface area contributed by atoms with Crippen LogP contribution in [0, 0.1) is 0 Å². The Morgan fingerprint density at radius 3 is 2.31 bits per heavy atom. The Balaban J connectivity index is 1.35.